The van der Waals surface area contributed by atoms with Gasteiger partial charge in [0.05, 0.1) is 24.0 Å². The molecule has 1 aliphatic heterocycles. The van der Waals surface area contributed by atoms with Gasteiger partial charge in [-0.1, -0.05) is 11.6 Å². The molecule has 7 nitrogen and oxygen atoms in total. The van der Waals surface area contributed by atoms with Gasteiger partial charge in [0.25, 0.3) is 6.43 Å². The first-order valence-electron chi connectivity index (χ1n) is 9.08. The molecule has 29 heavy (non-hydrogen) atoms. The zero-order valence-electron chi connectivity index (χ0n) is 16.3. The van der Waals surface area contributed by atoms with Crippen LogP contribution in [0.2, 0.25) is 5.15 Å². The molecule has 1 amide bonds. The third-order valence-corrected chi connectivity index (χ3v) is 4.26. The topological polar surface area (TPSA) is 73.8 Å². The molecule has 1 saturated heterocycles. The molecule has 0 bridgehead atoms. The average molecular weight is 430 g/mol. The molecule has 10 heteroatoms. The van der Waals surface area contributed by atoms with E-state index in [2.05, 4.69) is 9.97 Å². The molecule has 0 N–H and O–H groups in total. The van der Waals surface area contributed by atoms with Crippen molar-refractivity contribution in [1.29, 1.82) is 0 Å². The molecule has 0 radical (unpaired) electrons. The smallest absolute Gasteiger partial charge is 0.410 e. The second kappa shape index (κ2) is 8.62. The highest BCUT2D eigenvalue weighted by atomic mass is 35.5. The Labute approximate surface area is 171 Å². The quantitative estimate of drug-likeness (QED) is 0.685. The number of pyridine rings is 2. The number of amides is 1. The second-order valence-corrected chi connectivity index (χ2v) is 8.03. The van der Waals surface area contributed by atoms with E-state index in [-0.39, 0.29) is 30.7 Å². The third kappa shape index (κ3) is 5.63. The number of carbonyl (C=O) groups excluding carboxylic acids is 1. The zero-order chi connectivity index (χ0) is 21.2. The first kappa shape index (κ1) is 21.4. The number of alkyl halides is 2. The predicted octanol–water partition coefficient (Wildman–Crippen LogP) is 3.93. The first-order valence-corrected chi connectivity index (χ1v) is 9.46. The molecule has 0 unspecified atom stereocenters. The highest BCUT2D eigenvalue weighted by molar-refractivity contribution is 6.30. The van der Waals surface area contributed by atoms with E-state index in [0.717, 1.165) is 0 Å². The summed E-state index contributed by atoms with van der Waals surface area (Å²) in [6.07, 6.45) is -4.04. The van der Waals surface area contributed by atoms with Crippen LogP contribution in [0.15, 0.2) is 24.4 Å². The van der Waals surface area contributed by atoms with Gasteiger partial charge in [0, 0.05) is 12.3 Å². The normalized spacial score (nSPS) is 20.2. The van der Waals surface area contributed by atoms with Crippen molar-refractivity contribution in [3.05, 3.63) is 29.5 Å². The molecule has 2 atom stereocenters. The van der Waals surface area contributed by atoms with E-state index in [1.54, 1.807) is 45.2 Å². The molecule has 2 aromatic heterocycles. The number of ether oxygens (including phenoxy) is 3. The van der Waals surface area contributed by atoms with Crippen LogP contribution in [0.5, 0.6) is 5.88 Å². The van der Waals surface area contributed by atoms with Crippen molar-refractivity contribution in [3.63, 3.8) is 0 Å². The van der Waals surface area contributed by atoms with Gasteiger partial charge in [-0.05, 0) is 32.9 Å². The number of nitrogens with zero attached hydrogens (tertiary/aromatic N) is 3. The Bertz CT molecular complexity index is 878. The second-order valence-electron chi connectivity index (χ2n) is 7.65. The van der Waals surface area contributed by atoms with Crippen LogP contribution in [-0.2, 0) is 9.47 Å². The van der Waals surface area contributed by atoms with Crippen molar-refractivity contribution in [2.45, 2.75) is 45.0 Å². The summed E-state index contributed by atoms with van der Waals surface area (Å²) in [5.41, 5.74) is -0.147. The molecule has 3 heterocycles. The van der Waals surface area contributed by atoms with Gasteiger partial charge >= 0.3 is 6.09 Å². The van der Waals surface area contributed by atoms with Crippen LogP contribution in [0.4, 0.5) is 13.6 Å². The predicted molar refractivity (Wildman–Crippen MR) is 103 cm³/mol. The Hall–Kier alpha value is -2.26. The summed E-state index contributed by atoms with van der Waals surface area (Å²) in [6.45, 7) is 4.82. The van der Waals surface area contributed by atoms with Gasteiger partial charge < -0.3 is 19.1 Å². The van der Waals surface area contributed by atoms with Crippen LogP contribution in [0, 0.1) is 0 Å². The van der Waals surface area contributed by atoms with Crippen molar-refractivity contribution in [1.82, 2.24) is 14.9 Å². The van der Waals surface area contributed by atoms with E-state index in [0.29, 0.717) is 10.9 Å². The van der Waals surface area contributed by atoms with Gasteiger partial charge in [-0.25, -0.2) is 18.6 Å². The minimum absolute atomic E-state index is 0.0505. The third-order valence-electron chi connectivity index (χ3n) is 4.06. The van der Waals surface area contributed by atoms with Crippen molar-refractivity contribution in [2.24, 2.45) is 0 Å². The number of carbonyl (C=O) groups is 1. The minimum atomic E-state index is -2.75. The lowest BCUT2D eigenvalue weighted by Crippen LogP contribution is -2.54. The lowest BCUT2D eigenvalue weighted by molar-refractivity contribution is -0.146. The Morgan fingerprint density at radius 2 is 2.17 bits per heavy atom. The summed E-state index contributed by atoms with van der Waals surface area (Å²) in [7, 11) is 0. The number of hydrogen-bond acceptors (Lipinski definition) is 6. The molecule has 0 spiro atoms. The number of fused-ring (bicyclic) bond motifs is 1. The Balaban J connectivity index is 1.73. The summed E-state index contributed by atoms with van der Waals surface area (Å²) < 4.78 is 43.1. The molecule has 1 fully saturated rings. The van der Waals surface area contributed by atoms with Gasteiger partial charge in [0.1, 0.15) is 29.6 Å². The van der Waals surface area contributed by atoms with Crippen LogP contribution in [-0.4, -0.2) is 64.9 Å². The molecule has 2 aromatic rings. The van der Waals surface area contributed by atoms with Gasteiger partial charge in [-0.3, -0.25) is 4.98 Å². The maximum atomic E-state index is 13.3. The molecule has 158 valence electrons. The lowest BCUT2D eigenvalue weighted by atomic mass is 10.2. The van der Waals surface area contributed by atoms with E-state index in [4.69, 9.17) is 25.8 Å². The van der Waals surface area contributed by atoms with Crippen LogP contribution >= 0.6 is 11.6 Å². The highest BCUT2D eigenvalue weighted by Crippen LogP contribution is 2.26. The van der Waals surface area contributed by atoms with Gasteiger partial charge in [-0.2, -0.15) is 0 Å². The number of hydrogen-bond donors (Lipinski definition) is 0. The van der Waals surface area contributed by atoms with Crippen molar-refractivity contribution >= 4 is 28.6 Å². The van der Waals surface area contributed by atoms with E-state index in [1.165, 1.54) is 4.90 Å². The Kier molecular flexibility index (Phi) is 6.38. The fraction of sp³-hybridized carbons (Fsp3) is 0.526. The number of aromatic nitrogens is 2. The molecule has 0 saturated carbocycles. The van der Waals surface area contributed by atoms with Crippen LogP contribution in [0.25, 0.3) is 10.9 Å². The minimum Gasteiger partial charge on any atom is -0.474 e. The molecule has 1 aliphatic rings. The maximum absolute atomic E-state index is 13.3. The fourth-order valence-electron chi connectivity index (χ4n) is 2.88. The maximum Gasteiger partial charge on any atom is 0.410 e. The lowest BCUT2D eigenvalue weighted by Gasteiger charge is -2.38. The molecule has 0 aromatic carbocycles. The standard InChI is InChI=1S/C19H22ClF2N3O4/c1-19(2,3)29-18(26)25-8-11(28-14(9-25)16(21)22)10-27-17-12-5-4-6-23-13(12)7-15(20)24-17/h4-7,11,14,16H,8-10H2,1-3H3/t11-,14+/m0/s1. The number of rotatable bonds is 4. The summed E-state index contributed by atoms with van der Waals surface area (Å²) in [6, 6.07) is 5.08. The van der Waals surface area contributed by atoms with Crippen LogP contribution < -0.4 is 4.74 Å². The van der Waals surface area contributed by atoms with E-state index in [1.807, 2.05) is 0 Å². The highest BCUT2D eigenvalue weighted by Gasteiger charge is 2.37. The average Bonchev–Trinajstić information content (AvgIpc) is 2.64. The van der Waals surface area contributed by atoms with E-state index >= 15 is 0 Å². The molecule has 3 rings (SSSR count). The largest absolute Gasteiger partial charge is 0.474 e. The van der Waals surface area contributed by atoms with E-state index < -0.39 is 30.3 Å². The van der Waals surface area contributed by atoms with Gasteiger partial charge in [-0.15, -0.1) is 0 Å². The zero-order valence-corrected chi connectivity index (χ0v) is 17.0. The molecular formula is C19H22ClF2N3O4. The SMILES string of the molecule is CC(C)(C)OC(=O)N1C[C@@H](COc2nc(Cl)cc3ncccc23)O[C@@H](C(F)F)C1. The number of halogens is 3. The summed E-state index contributed by atoms with van der Waals surface area (Å²) in [5, 5.41) is 0.818. The Morgan fingerprint density at radius 3 is 2.86 bits per heavy atom. The monoisotopic (exact) mass is 429 g/mol. The van der Waals surface area contributed by atoms with E-state index in [9.17, 15) is 13.6 Å². The Morgan fingerprint density at radius 1 is 1.41 bits per heavy atom. The summed E-state index contributed by atoms with van der Waals surface area (Å²) >= 11 is 6.01. The van der Waals surface area contributed by atoms with Crippen LogP contribution in [0.1, 0.15) is 20.8 Å². The summed E-state index contributed by atoms with van der Waals surface area (Å²) in [5.74, 6) is 0.215. The van der Waals surface area contributed by atoms with Crippen LogP contribution in [0.3, 0.4) is 0 Å². The molecule has 0 aliphatic carbocycles. The van der Waals surface area contributed by atoms with Gasteiger partial charge in [0.2, 0.25) is 5.88 Å². The molecular weight excluding hydrogens is 408 g/mol. The van der Waals surface area contributed by atoms with Gasteiger partial charge in [0.15, 0.2) is 0 Å². The van der Waals surface area contributed by atoms with Crippen molar-refractivity contribution < 1.29 is 27.8 Å². The first-order chi connectivity index (χ1) is 13.6. The van der Waals surface area contributed by atoms with Crippen molar-refractivity contribution in [2.75, 3.05) is 19.7 Å². The summed E-state index contributed by atoms with van der Waals surface area (Å²) in [4.78, 5) is 21.9. The van der Waals surface area contributed by atoms with Crippen molar-refractivity contribution in [3.8, 4) is 5.88 Å². The fourth-order valence-corrected chi connectivity index (χ4v) is 3.06. The number of morpholine rings is 1.